The first kappa shape index (κ1) is 14.8. The third kappa shape index (κ3) is 3.37. The van der Waals surface area contributed by atoms with Gasteiger partial charge in [0.15, 0.2) is 0 Å². The number of aromatic nitrogens is 2. The molecule has 116 valence electrons. The van der Waals surface area contributed by atoms with Crippen molar-refractivity contribution >= 4 is 5.82 Å². The summed E-state index contributed by atoms with van der Waals surface area (Å²) in [6, 6.07) is 0.610. The summed E-state index contributed by atoms with van der Waals surface area (Å²) in [5.41, 5.74) is 2.75. The molecule has 1 aliphatic heterocycles. The van der Waals surface area contributed by atoms with Crippen LogP contribution in [0.3, 0.4) is 0 Å². The fourth-order valence-corrected chi connectivity index (χ4v) is 3.70. The molecule has 0 amide bonds. The van der Waals surface area contributed by atoms with Crippen LogP contribution in [0, 0.1) is 0 Å². The Morgan fingerprint density at radius 3 is 3.00 bits per heavy atom. The zero-order chi connectivity index (χ0) is 14.5. The molecule has 2 heterocycles. The van der Waals surface area contributed by atoms with E-state index < -0.39 is 0 Å². The van der Waals surface area contributed by atoms with Crippen LogP contribution < -0.4 is 10.2 Å². The third-order valence-corrected chi connectivity index (χ3v) is 4.81. The maximum atomic E-state index is 4.68. The van der Waals surface area contributed by atoms with Gasteiger partial charge in [0.2, 0.25) is 0 Å². The van der Waals surface area contributed by atoms with E-state index in [1.807, 2.05) is 0 Å². The predicted octanol–water partition coefficient (Wildman–Crippen LogP) is 2.71. The van der Waals surface area contributed by atoms with Gasteiger partial charge in [-0.2, -0.15) is 0 Å². The molecule has 2 aliphatic rings. The highest BCUT2D eigenvalue weighted by molar-refractivity contribution is 5.51. The van der Waals surface area contributed by atoms with Crippen LogP contribution in [-0.2, 0) is 12.8 Å². The van der Waals surface area contributed by atoms with Crippen LogP contribution >= 0.6 is 0 Å². The molecule has 4 nitrogen and oxygen atoms in total. The molecular formula is C17H28N4. The van der Waals surface area contributed by atoms with Crippen molar-refractivity contribution in [3.8, 4) is 0 Å². The van der Waals surface area contributed by atoms with Crippen molar-refractivity contribution in [1.29, 1.82) is 0 Å². The van der Waals surface area contributed by atoms with Gasteiger partial charge in [0.05, 0.1) is 0 Å². The molecular weight excluding hydrogens is 260 g/mol. The van der Waals surface area contributed by atoms with Crippen molar-refractivity contribution in [2.24, 2.45) is 0 Å². The van der Waals surface area contributed by atoms with Crippen LogP contribution in [0.15, 0.2) is 6.33 Å². The van der Waals surface area contributed by atoms with Crippen LogP contribution in [0.5, 0.6) is 0 Å². The summed E-state index contributed by atoms with van der Waals surface area (Å²) in [5.74, 6) is 1.24. The van der Waals surface area contributed by atoms with Crippen molar-refractivity contribution in [3.05, 3.63) is 17.6 Å². The first-order valence-electron chi connectivity index (χ1n) is 8.70. The van der Waals surface area contributed by atoms with Crippen molar-refractivity contribution in [2.75, 3.05) is 24.5 Å². The Balaban J connectivity index is 1.79. The maximum Gasteiger partial charge on any atom is 0.135 e. The Bertz CT molecular complexity index is 460. The molecule has 0 saturated carbocycles. The number of anilines is 1. The second kappa shape index (κ2) is 7.21. The summed E-state index contributed by atoms with van der Waals surface area (Å²) in [6.45, 7) is 5.59. The summed E-state index contributed by atoms with van der Waals surface area (Å²) < 4.78 is 0. The number of nitrogens with one attached hydrogen (secondary N) is 1. The Morgan fingerprint density at radius 2 is 2.10 bits per heavy atom. The van der Waals surface area contributed by atoms with Gasteiger partial charge in [0.25, 0.3) is 0 Å². The molecule has 21 heavy (non-hydrogen) atoms. The summed E-state index contributed by atoms with van der Waals surface area (Å²) in [7, 11) is 0. The fourth-order valence-electron chi connectivity index (χ4n) is 3.70. The van der Waals surface area contributed by atoms with Gasteiger partial charge in [-0.15, -0.1) is 0 Å². The number of rotatable bonds is 5. The minimum absolute atomic E-state index is 0.610. The molecule has 1 N–H and O–H groups in total. The first-order chi connectivity index (χ1) is 10.4. The molecule has 1 saturated heterocycles. The Hall–Kier alpha value is -1.16. The predicted molar refractivity (Wildman–Crippen MR) is 86.8 cm³/mol. The molecule has 0 radical (unpaired) electrons. The number of hydrogen-bond donors (Lipinski definition) is 1. The highest BCUT2D eigenvalue weighted by Gasteiger charge is 2.28. The van der Waals surface area contributed by atoms with Gasteiger partial charge in [0.1, 0.15) is 12.1 Å². The van der Waals surface area contributed by atoms with E-state index in [0.29, 0.717) is 6.04 Å². The summed E-state index contributed by atoms with van der Waals surface area (Å²) in [6.07, 6.45) is 11.8. The molecule has 3 rings (SSSR count). The molecule has 1 aromatic heterocycles. The Kier molecular flexibility index (Phi) is 5.07. The lowest BCUT2D eigenvalue weighted by Crippen LogP contribution is -2.39. The molecule has 1 atom stereocenters. The SMILES string of the molecule is CCCNCC1CCCN1c1ncnc2c1CCCCC2. The summed E-state index contributed by atoms with van der Waals surface area (Å²) >= 11 is 0. The van der Waals surface area contributed by atoms with E-state index in [1.165, 1.54) is 55.6 Å². The van der Waals surface area contributed by atoms with Gasteiger partial charge in [0, 0.05) is 30.4 Å². The van der Waals surface area contributed by atoms with Crippen LogP contribution in [0.25, 0.3) is 0 Å². The molecule has 0 spiro atoms. The van der Waals surface area contributed by atoms with Crippen molar-refractivity contribution in [1.82, 2.24) is 15.3 Å². The number of nitrogens with zero attached hydrogens (tertiary/aromatic N) is 3. The second-order valence-corrected chi connectivity index (χ2v) is 6.38. The number of fused-ring (bicyclic) bond motifs is 1. The van der Waals surface area contributed by atoms with Crippen LogP contribution in [0.2, 0.25) is 0 Å². The zero-order valence-electron chi connectivity index (χ0n) is 13.3. The van der Waals surface area contributed by atoms with E-state index in [9.17, 15) is 0 Å². The molecule has 1 aliphatic carbocycles. The lowest BCUT2D eigenvalue weighted by Gasteiger charge is -2.28. The highest BCUT2D eigenvalue weighted by Crippen LogP contribution is 2.31. The van der Waals surface area contributed by atoms with Crippen molar-refractivity contribution in [2.45, 2.75) is 64.3 Å². The summed E-state index contributed by atoms with van der Waals surface area (Å²) in [4.78, 5) is 11.8. The van der Waals surface area contributed by atoms with E-state index in [-0.39, 0.29) is 0 Å². The van der Waals surface area contributed by atoms with Crippen LogP contribution in [0.4, 0.5) is 5.82 Å². The largest absolute Gasteiger partial charge is 0.352 e. The van der Waals surface area contributed by atoms with E-state index in [4.69, 9.17) is 0 Å². The maximum absolute atomic E-state index is 4.68. The minimum Gasteiger partial charge on any atom is -0.352 e. The Labute approximate surface area is 128 Å². The quantitative estimate of drug-likeness (QED) is 0.668. The average Bonchev–Trinajstić information content (AvgIpc) is 2.82. The van der Waals surface area contributed by atoms with E-state index in [0.717, 1.165) is 32.5 Å². The summed E-state index contributed by atoms with van der Waals surface area (Å²) in [5, 5.41) is 3.58. The monoisotopic (exact) mass is 288 g/mol. The third-order valence-electron chi connectivity index (χ3n) is 4.81. The smallest absolute Gasteiger partial charge is 0.135 e. The number of hydrogen-bond acceptors (Lipinski definition) is 4. The number of aryl methyl sites for hydroxylation is 1. The van der Waals surface area contributed by atoms with Gasteiger partial charge in [-0.3, -0.25) is 0 Å². The standard InChI is InChI=1S/C17H28N4/c1-2-10-18-12-14-7-6-11-21(14)17-15-8-4-3-5-9-16(15)19-13-20-17/h13-14,18H,2-12H2,1H3. The van der Waals surface area contributed by atoms with E-state index in [2.05, 4.69) is 27.1 Å². The second-order valence-electron chi connectivity index (χ2n) is 6.38. The molecule has 1 aromatic rings. The Morgan fingerprint density at radius 1 is 1.19 bits per heavy atom. The van der Waals surface area contributed by atoms with E-state index >= 15 is 0 Å². The molecule has 1 fully saturated rings. The lowest BCUT2D eigenvalue weighted by atomic mass is 10.1. The minimum atomic E-state index is 0.610. The van der Waals surface area contributed by atoms with Crippen molar-refractivity contribution in [3.63, 3.8) is 0 Å². The van der Waals surface area contributed by atoms with E-state index in [1.54, 1.807) is 6.33 Å². The molecule has 0 aromatic carbocycles. The van der Waals surface area contributed by atoms with Gasteiger partial charge < -0.3 is 10.2 Å². The molecule has 4 heteroatoms. The van der Waals surface area contributed by atoms with Gasteiger partial charge in [-0.05, 0) is 51.5 Å². The first-order valence-corrected chi connectivity index (χ1v) is 8.70. The normalized spacial score (nSPS) is 22.1. The highest BCUT2D eigenvalue weighted by atomic mass is 15.2. The van der Waals surface area contributed by atoms with Crippen LogP contribution in [-0.4, -0.2) is 35.6 Å². The molecule has 1 unspecified atom stereocenters. The molecule has 0 bridgehead atoms. The fraction of sp³-hybridized carbons (Fsp3) is 0.765. The topological polar surface area (TPSA) is 41.0 Å². The average molecular weight is 288 g/mol. The van der Waals surface area contributed by atoms with Crippen molar-refractivity contribution < 1.29 is 0 Å². The van der Waals surface area contributed by atoms with Gasteiger partial charge >= 0.3 is 0 Å². The van der Waals surface area contributed by atoms with Crippen LogP contribution in [0.1, 0.15) is 56.7 Å². The lowest BCUT2D eigenvalue weighted by molar-refractivity contribution is 0.567. The zero-order valence-corrected chi connectivity index (χ0v) is 13.3. The van der Waals surface area contributed by atoms with Gasteiger partial charge in [-0.25, -0.2) is 9.97 Å². The van der Waals surface area contributed by atoms with Gasteiger partial charge in [-0.1, -0.05) is 13.3 Å².